The highest BCUT2D eigenvalue weighted by Crippen LogP contribution is 2.06. The molecule has 2 nitrogen and oxygen atoms in total. The molecule has 1 aliphatic rings. The number of nitrogens with one attached hydrogen (secondary N) is 1. The van der Waals surface area contributed by atoms with Crippen LogP contribution in [0.2, 0.25) is 0 Å². The quantitative estimate of drug-likeness (QED) is 0.506. The molecule has 0 aromatic carbocycles. The third-order valence-electron chi connectivity index (χ3n) is 1.89. The molecule has 9 heavy (non-hydrogen) atoms. The Bertz CT molecular complexity index is 108. The van der Waals surface area contributed by atoms with E-state index in [0.29, 0.717) is 6.04 Å². The maximum atomic E-state index is 3.94. The van der Waals surface area contributed by atoms with Crippen LogP contribution in [0.3, 0.4) is 0 Å². The summed E-state index contributed by atoms with van der Waals surface area (Å²) in [7, 11) is 2.08. The number of piperazine rings is 1. The molecule has 1 saturated heterocycles. The SMILES string of the molecule is C=C1[C@@H](C)NCCN1C. The fourth-order valence-corrected chi connectivity index (χ4v) is 1.04. The highest BCUT2D eigenvalue weighted by Gasteiger charge is 2.14. The predicted molar refractivity (Wildman–Crippen MR) is 39.2 cm³/mol. The summed E-state index contributed by atoms with van der Waals surface area (Å²) in [6.07, 6.45) is 0. The van der Waals surface area contributed by atoms with Gasteiger partial charge in [-0.05, 0) is 6.92 Å². The van der Waals surface area contributed by atoms with Crippen LogP contribution in [0.1, 0.15) is 6.92 Å². The molecule has 0 spiro atoms. The van der Waals surface area contributed by atoms with Crippen molar-refractivity contribution in [3.05, 3.63) is 12.3 Å². The molecule has 0 radical (unpaired) electrons. The van der Waals surface area contributed by atoms with E-state index in [2.05, 4.69) is 30.8 Å². The van der Waals surface area contributed by atoms with Gasteiger partial charge in [0, 0.05) is 31.9 Å². The first-order chi connectivity index (χ1) is 4.22. The van der Waals surface area contributed by atoms with Crippen LogP contribution in [0.15, 0.2) is 12.3 Å². The molecule has 1 aliphatic heterocycles. The number of likely N-dealkylation sites (N-methyl/N-ethyl adjacent to an activating group) is 1. The molecule has 0 aliphatic carbocycles. The highest BCUT2D eigenvalue weighted by molar-refractivity contribution is 5.04. The molecule has 1 N–H and O–H groups in total. The van der Waals surface area contributed by atoms with Crippen molar-refractivity contribution in [1.29, 1.82) is 0 Å². The van der Waals surface area contributed by atoms with Crippen molar-refractivity contribution in [3.8, 4) is 0 Å². The van der Waals surface area contributed by atoms with Gasteiger partial charge in [0.25, 0.3) is 0 Å². The van der Waals surface area contributed by atoms with Gasteiger partial charge < -0.3 is 10.2 Å². The van der Waals surface area contributed by atoms with Crippen LogP contribution in [0, 0.1) is 0 Å². The van der Waals surface area contributed by atoms with Crippen molar-refractivity contribution >= 4 is 0 Å². The van der Waals surface area contributed by atoms with Gasteiger partial charge >= 0.3 is 0 Å². The molecule has 1 rings (SSSR count). The van der Waals surface area contributed by atoms with Crippen molar-refractivity contribution in [2.24, 2.45) is 0 Å². The van der Waals surface area contributed by atoms with Crippen molar-refractivity contribution in [2.75, 3.05) is 20.1 Å². The van der Waals surface area contributed by atoms with Gasteiger partial charge in [-0.2, -0.15) is 0 Å². The Balaban J connectivity index is 2.52. The summed E-state index contributed by atoms with van der Waals surface area (Å²) in [6.45, 7) is 8.24. The molecule has 1 heterocycles. The Morgan fingerprint density at radius 3 is 2.89 bits per heavy atom. The second kappa shape index (κ2) is 2.40. The van der Waals surface area contributed by atoms with Crippen LogP contribution in [-0.4, -0.2) is 31.1 Å². The van der Waals surface area contributed by atoms with E-state index in [1.807, 2.05) is 0 Å². The lowest BCUT2D eigenvalue weighted by Gasteiger charge is -2.32. The van der Waals surface area contributed by atoms with E-state index in [4.69, 9.17) is 0 Å². The van der Waals surface area contributed by atoms with Gasteiger partial charge in [-0.3, -0.25) is 0 Å². The molecule has 1 atom stereocenters. The molecular weight excluding hydrogens is 112 g/mol. The molecule has 52 valence electrons. The Hall–Kier alpha value is -0.500. The summed E-state index contributed by atoms with van der Waals surface area (Å²) in [5, 5.41) is 3.32. The van der Waals surface area contributed by atoms with E-state index in [-0.39, 0.29) is 0 Å². The van der Waals surface area contributed by atoms with Gasteiger partial charge in [0.1, 0.15) is 0 Å². The van der Waals surface area contributed by atoms with E-state index in [1.54, 1.807) is 0 Å². The minimum Gasteiger partial charge on any atom is -0.376 e. The van der Waals surface area contributed by atoms with Gasteiger partial charge in [-0.1, -0.05) is 6.58 Å². The lowest BCUT2D eigenvalue weighted by molar-refractivity contribution is 0.319. The number of nitrogens with zero attached hydrogens (tertiary/aromatic N) is 1. The maximum Gasteiger partial charge on any atom is 0.0437 e. The van der Waals surface area contributed by atoms with Gasteiger partial charge in [0.15, 0.2) is 0 Å². The third kappa shape index (κ3) is 1.24. The third-order valence-corrected chi connectivity index (χ3v) is 1.89. The molecule has 0 amide bonds. The van der Waals surface area contributed by atoms with Crippen LogP contribution in [0.5, 0.6) is 0 Å². The van der Waals surface area contributed by atoms with Crippen molar-refractivity contribution in [1.82, 2.24) is 10.2 Å². The van der Waals surface area contributed by atoms with Crippen molar-refractivity contribution in [3.63, 3.8) is 0 Å². The van der Waals surface area contributed by atoms with Gasteiger partial charge in [-0.25, -0.2) is 0 Å². The summed E-state index contributed by atoms with van der Waals surface area (Å²) in [4.78, 5) is 2.20. The zero-order valence-corrected chi connectivity index (χ0v) is 6.15. The molecule has 1 fully saturated rings. The Labute approximate surface area is 56.5 Å². The standard InChI is InChI=1S/C7H14N2/c1-6-7(2)9(3)5-4-8-6/h6,8H,2,4-5H2,1,3H3/t6-/m1/s1. The summed E-state index contributed by atoms with van der Waals surface area (Å²) in [5.41, 5.74) is 1.20. The first kappa shape index (κ1) is 6.62. The average molecular weight is 126 g/mol. The monoisotopic (exact) mass is 126 g/mol. The average Bonchev–Trinajstić information content (AvgIpc) is 1.83. The lowest BCUT2D eigenvalue weighted by atomic mass is 10.2. The maximum absolute atomic E-state index is 3.94. The number of rotatable bonds is 0. The molecular formula is C7H14N2. The van der Waals surface area contributed by atoms with Gasteiger partial charge in [0.05, 0.1) is 0 Å². The van der Waals surface area contributed by atoms with E-state index < -0.39 is 0 Å². The highest BCUT2D eigenvalue weighted by atomic mass is 15.2. The van der Waals surface area contributed by atoms with E-state index in [0.717, 1.165) is 13.1 Å². The lowest BCUT2D eigenvalue weighted by Crippen LogP contribution is -2.45. The van der Waals surface area contributed by atoms with Crippen LogP contribution < -0.4 is 5.32 Å². The number of hydrogen-bond donors (Lipinski definition) is 1. The molecule has 0 aromatic rings. The molecule has 0 saturated carbocycles. The largest absolute Gasteiger partial charge is 0.376 e. The van der Waals surface area contributed by atoms with Crippen LogP contribution in [-0.2, 0) is 0 Å². The summed E-state index contributed by atoms with van der Waals surface area (Å²) < 4.78 is 0. The second-order valence-corrected chi connectivity index (χ2v) is 2.59. The second-order valence-electron chi connectivity index (χ2n) is 2.59. The first-order valence-electron chi connectivity index (χ1n) is 3.35. The molecule has 0 bridgehead atoms. The van der Waals surface area contributed by atoms with Crippen molar-refractivity contribution in [2.45, 2.75) is 13.0 Å². The number of hydrogen-bond acceptors (Lipinski definition) is 2. The van der Waals surface area contributed by atoms with Crippen LogP contribution in [0.25, 0.3) is 0 Å². The molecule has 0 aromatic heterocycles. The minimum atomic E-state index is 0.462. The summed E-state index contributed by atoms with van der Waals surface area (Å²) in [6, 6.07) is 0.462. The van der Waals surface area contributed by atoms with Crippen LogP contribution in [0.4, 0.5) is 0 Å². The Kier molecular flexibility index (Phi) is 1.76. The van der Waals surface area contributed by atoms with Gasteiger partial charge in [0.2, 0.25) is 0 Å². The van der Waals surface area contributed by atoms with E-state index >= 15 is 0 Å². The Morgan fingerprint density at radius 2 is 2.44 bits per heavy atom. The topological polar surface area (TPSA) is 15.3 Å². The minimum absolute atomic E-state index is 0.462. The van der Waals surface area contributed by atoms with Crippen molar-refractivity contribution < 1.29 is 0 Å². The van der Waals surface area contributed by atoms with E-state index in [9.17, 15) is 0 Å². The zero-order valence-electron chi connectivity index (χ0n) is 6.15. The summed E-state index contributed by atoms with van der Waals surface area (Å²) in [5.74, 6) is 0. The van der Waals surface area contributed by atoms with Crippen LogP contribution >= 0.6 is 0 Å². The smallest absolute Gasteiger partial charge is 0.0437 e. The normalized spacial score (nSPS) is 28.9. The van der Waals surface area contributed by atoms with Gasteiger partial charge in [-0.15, -0.1) is 0 Å². The fraction of sp³-hybridized carbons (Fsp3) is 0.714. The molecule has 0 unspecified atom stereocenters. The molecule has 2 heteroatoms. The fourth-order valence-electron chi connectivity index (χ4n) is 1.04. The first-order valence-corrected chi connectivity index (χ1v) is 3.35. The zero-order chi connectivity index (χ0) is 6.85. The Morgan fingerprint density at radius 1 is 1.78 bits per heavy atom. The summed E-state index contributed by atoms with van der Waals surface area (Å²) >= 11 is 0. The predicted octanol–water partition coefficient (Wildman–Crippen LogP) is 0.424. The van der Waals surface area contributed by atoms with E-state index in [1.165, 1.54) is 5.70 Å².